The number of carbonyl (C=O) groups is 3. The maximum atomic E-state index is 13.2. The zero-order chi connectivity index (χ0) is 27.9. The summed E-state index contributed by atoms with van der Waals surface area (Å²) in [6.07, 6.45) is 3.38. The Kier molecular flexibility index (Phi) is 8.27. The summed E-state index contributed by atoms with van der Waals surface area (Å²) in [6, 6.07) is 23.7. The van der Waals surface area contributed by atoms with Gasteiger partial charge in [-0.05, 0) is 35.9 Å². The van der Waals surface area contributed by atoms with E-state index in [0.717, 1.165) is 5.56 Å². The van der Waals surface area contributed by atoms with Crippen LogP contribution < -0.4 is 15.4 Å². The molecule has 0 radical (unpaired) electrons. The Balaban J connectivity index is 1.21. The molecule has 40 heavy (non-hydrogen) atoms. The van der Waals surface area contributed by atoms with Crippen molar-refractivity contribution < 1.29 is 24.2 Å². The minimum atomic E-state index is -0.374. The van der Waals surface area contributed by atoms with Gasteiger partial charge in [-0.2, -0.15) is 0 Å². The van der Waals surface area contributed by atoms with Gasteiger partial charge >= 0.3 is 0 Å². The average molecular weight is 536 g/mol. The number of ketones is 2. The highest BCUT2D eigenvalue weighted by molar-refractivity contribution is 6.11. The van der Waals surface area contributed by atoms with Gasteiger partial charge in [0.2, 0.25) is 0 Å². The van der Waals surface area contributed by atoms with Crippen LogP contribution in [0.5, 0.6) is 11.5 Å². The summed E-state index contributed by atoms with van der Waals surface area (Å²) < 4.78 is 5.80. The summed E-state index contributed by atoms with van der Waals surface area (Å²) in [5.41, 5.74) is 2.45. The maximum absolute atomic E-state index is 13.2. The van der Waals surface area contributed by atoms with Gasteiger partial charge in [-0.1, -0.05) is 54.6 Å². The topological polar surface area (TPSA) is 118 Å². The third kappa shape index (κ3) is 6.42. The van der Waals surface area contributed by atoms with Gasteiger partial charge in [-0.25, -0.2) is 0 Å². The van der Waals surface area contributed by atoms with Crippen molar-refractivity contribution in [3.8, 4) is 11.5 Å². The normalized spacial score (nSPS) is 16.3. The van der Waals surface area contributed by atoms with Gasteiger partial charge in [0.25, 0.3) is 5.91 Å². The number of pyridine rings is 1. The summed E-state index contributed by atoms with van der Waals surface area (Å²) in [4.78, 5) is 42.7. The van der Waals surface area contributed by atoms with Crippen LogP contribution >= 0.6 is 0 Å². The van der Waals surface area contributed by atoms with Gasteiger partial charge in [0, 0.05) is 60.6 Å². The third-order valence-electron chi connectivity index (χ3n) is 6.98. The van der Waals surface area contributed by atoms with Gasteiger partial charge in [-0.15, -0.1) is 0 Å². The Morgan fingerprint density at radius 2 is 1.60 bits per heavy atom. The highest BCUT2D eigenvalue weighted by Crippen LogP contribution is 2.27. The van der Waals surface area contributed by atoms with Gasteiger partial charge in [-0.3, -0.25) is 19.4 Å². The van der Waals surface area contributed by atoms with Crippen LogP contribution in [0.25, 0.3) is 0 Å². The van der Waals surface area contributed by atoms with Crippen molar-refractivity contribution in [2.24, 2.45) is 5.92 Å². The van der Waals surface area contributed by atoms with E-state index in [1.807, 2.05) is 30.3 Å². The van der Waals surface area contributed by atoms with Gasteiger partial charge in [0.1, 0.15) is 18.1 Å². The summed E-state index contributed by atoms with van der Waals surface area (Å²) in [6.45, 7) is 1.53. The summed E-state index contributed by atoms with van der Waals surface area (Å²) in [5.74, 6) is -0.390. The minimum Gasteiger partial charge on any atom is -0.507 e. The fraction of sp³-hybridized carbons (Fsp3) is 0.188. The number of ether oxygens (including phenoxy) is 1. The second-order valence-corrected chi connectivity index (χ2v) is 9.72. The second kappa shape index (κ2) is 12.4. The molecule has 1 amide bonds. The highest BCUT2D eigenvalue weighted by atomic mass is 16.5. The summed E-state index contributed by atoms with van der Waals surface area (Å²) in [7, 11) is 0. The Morgan fingerprint density at radius 3 is 2.35 bits per heavy atom. The molecule has 3 N–H and O–H groups in total. The van der Waals surface area contributed by atoms with Crippen molar-refractivity contribution in [3.05, 3.63) is 125 Å². The first-order valence-electron chi connectivity index (χ1n) is 13.1. The molecule has 0 bridgehead atoms. The van der Waals surface area contributed by atoms with E-state index in [4.69, 9.17) is 4.74 Å². The lowest BCUT2D eigenvalue weighted by Crippen LogP contribution is -2.41. The van der Waals surface area contributed by atoms with Crippen LogP contribution in [0.15, 0.2) is 97.3 Å². The predicted octanol–water partition coefficient (Wildman–Crippen LogP) is 4.19. The fourth-order valence-corrected chi connectivity index (χ4v) is 4.72. The average Bonchev–Trinajstić information content (AvgIpc) is 3.43. The number of phenols is 1. The van der Waals surface area contributed by atoms with Crippen LogP contribution in [0, 0.1) is 5.92 Å². The van der Waals surface area contributed by atoms with Crippen LogP contribution in [0.1, 0.15) is 48.6 Å². The van der Waals surface area contributed by atoms with Gasteiger partial charge in [0.05, 0.1) is 5.56 Å². The van der Waals surface area contributed by atoms with Gasteiger partial charge < -0.3 is 20.5 Å². The van der Waals surface area contributed by atoms with E-state index < -0.39 is 0 Å². The highest BCUT2D eigenvalue weighted by Gasteiger charge is 2.30. The van der Waals surface area contributed by atoms with E-state index in [2.05, 4.69) is 15.6 Å². The zero-order valence-corrected chi connectivity index (χ0v) is 21.7. The van der Waals surface area contributed by atoms with Crippen molar-refractivity contribution in [3.63, 3.8) is 0 Å². The molecule has 0 aliphatic carbocycles. The number of aromatic hydroxyl groups is 1. The monoisotopic (exact) mass is 535 g/mol. The lowest BCUT2D eigenvalue weighted by Gasteiger charge is -2.19. The van der Waals surface area contributed by atoms with E-state index in [1.165, 1.54) is 12.1 Å². The molecule has 1 aliphatic rings. The number of rotatable bonds is 10. The first-order valence-corrected chi connectivity index (χ1v) is 13.1. The Hall–Kier alpha value is -4.82. The van der Waals surface area contributed by atoms with Crippen LogP contribution in [0.4, 0.5) is 0 Å². The molecule has 4 aromatic rings. The molecule has 202 valence electrons. The number of nitrogens with zero attached hydrogens (tertiary/aromatic N) is 1. The van der Waals surface area contributed by atoms with Gasteiger partial charge in [0.15, 0.2) is 11.6 Å². The number of carbonyl (C=O) groups excluding carboxylic acids is 3. The van der Waals surface area contributed by atoms with Crippen LogP contribution in [-0.2, 0) is 6.61 Å². The number of benzene rings is 3. The third-order valence-corrected chi connectivity index (χ3v) is 6.98. The second-order valence-electron chi connectivity index (χ2n) is 9.72. The molecule has 5 rings (SSSR count). The van der Waals surface area contributed by atoms with E-state index in [-0.39, 0.29) is 47.2 Å². The number of amides is 1. The van der Waals surface area contributed by atoms with E-state index in [0.29, 0.717) is 42.1 Å². The maximum Gasteiger partial charge on any atom is 0.251 e. The SMILES string of the molecule is O=C(C[C@@H]1CNC[C@H]1NC(=O)c1ccncc1)c1ccc(C(=O)c2cc(OCc3ccccc3)ccc2O)cc1. The molecule has 1 aromatic heterocycles. The Labute approximate surface area is 232 Å². The smallest absolute Gasteiger partial charge is 0.251 e. The largest absolute Gasteiger partial charge is 0.507 e. The lowest BCUT2D eigenvalue weighted by atomic mass is 9.93. The summed E-state index contributed by atoms with van der Waals surface area (Å²) >= 11 is 0. The number of phenolic OH excluding ortho intramolecular Hbond substituents is 1. The molecule has 1 fully saturated rings. The molecule has 0 spiro atoms. The van der Waals surface area contributed by atoms with Crippen molar-refractivity contribution in [1.29, 1.82) is 0 Å². The van der Waals surface area contributed by atoms with Crippen LogP contribution in [0.2, 0.25) is 0 Å². The molecular formula is C32H29N3O5. The molecule has 0 saturated carbocycles. The molecule has 0 unspecified atom stereocenters. The number of aromatic nitrogens is 1. The number of nitrogens with one attached hydrogen (secondary N) is 2. The molecule has 3 aromatic carbocycles. The Morgan fingerprint density at radius 1 is 0.875 bits per heavy atom. The lowest BCUT2D eigenvalue weighted by molar-refractivity contribution is 0.0902. The zero-order valence-electron chi connectivity index (χ0n) is 21.7. The summed E-state index contributed by atoms with van der Waals surface area (Å²) in [5, 5.41) is 16.6. The molecule has 1 saturated heterocycles. The molecule has 8 nitrogen and oxygen atoms in total. The molecule has 8 heteroatoms. The Bertz CT molecular complexity index is 1490. The molecular weight excluding hydrogens is 506 g/mol. The molecule has 2 heterocycles. The van der Waals surface area contributed by atoms with E-state index in [1.54, 1.807) is 54.9 Å². The number of hydrogen-bond acceptors (Lipinski definition) is 7. The first kappa shape index (κ1) is 26.8. The van der Waals surface area contributed by atoms with Crippen molar-refractivity contribution in [1.82, 2.24) is 15.6 Å². The van der Waals surface area contributed by atoms with Crippen molar-refractivity contribution in [2.45, 2.75) is 19.1 Å². The minimum absolute atomic E-state index is 0.0600. The van der Waals surface area contributed by atoms with Crippen molar-refractivity contribution >= 4 is 17.5 Å². The number of hydrogen-bond donors (Lipinski definition) is 3. The number of Topliss-reactive ketones (excluding diaryl/α,β-unsaturated/α-hetero) is 1. The predicted molar refractivity (Wildman–Crippen MR) is 150 cm³/mol. The fourth-order valence-electron chi connectivity index (χ4n) is 4.72. The molecule has 1 aliphatic heterocycles. The quantitative estimate of drug-likeness (QED) is 0.261. The van der Waals surface area contributed by atoms with E-state index >= 15 is 0 Å². The first-order chi connectivity index (χ1) is 19.5. The molecule has 2 atom stereocenters. The van der Waals surface area contributed by atoms with E-state index in [9.17, 15) is 19.5 Å². The van der Waals surface area contributed by atoms with Crippen molar-refractivity contribution in [2.75, 3.05) is 13.1 Å². The van der Waals surface area contributed by atoms with Crippen LogP contribution in [-0.4, -0.2) is 46.7 Å². The van der Waals surface area contributed by atoms with Crippen LogP contribution in [0.3, 0.4) is 0 Å². The standard InChI is InChI=1S/C32H29N3O5/c36-29-11-10-26(40-20-21-4-2-1-3-5-21)17-27(29)31(38)23-8-6-22(7-9-23)30(37)16-25-18-34-19-28(25)35-32(39)24-12-14-33-15-13-24/h1-15,17,25,28,34,36H,16,18-20H2,(H,35,39)/t25-,28-/m1/s1.